The van der Waals surface area contributed by atoms with E-state index in [4.69, 9.17) is 0 Å². The van der Waals surface area contributed by atoms with E-state index in [2.05, 4.69) is 11.8 Å². The maximum Gasteiger partial charge on any atom is 0.148 e. The van der Waals surface area contributed by atoms with Crippen LogP contribution in [0.15, 0.2) is 30.3 Å². The zero-order valence-corrected chi connectivity index (χ0v) is 10.4. The first kappa shape index (κ1) is 12.2. The fourth-order valence-corrected chi connectivity index (χ4v) is 2.23. The Hall–Kier alpha value is -1.30. The van der Waals surface area contributed by atoms with Gasteiger partial charge in [-0.2, -0.15) is 0 Å². The number of nitrogens with one attached hydrogen (secondary N) is 1. The number of benzene rings is 1. The van der Waals surface area contributed by atoms with E-state index < -0.39 is 5.60 Å². The summed E-state index contributed by atoms with van der Waals surface area (Å²) in [6.45, 7) is 5.06. The Bertz CT molecular complexity index is 408. The standard InChI is InChI=1S/C15H19NO/c1-15(17,14-8-3-2-4-9-14)10-7-13-16-11-5-6-12-16/h2-4,8-9,17H,5-6,11-13H2,1H3/p+1/t15-/m0/s1. The minimum Gasteiger partial charge on any atom is -0.374 e. The molecule has 2 heteroatoms. The van der Waals surface area contributed by atoms with Gasteiger partial charge < -0.3 is 10.0 Å². The fourth-order valence-electron chi connectivity index (χ4n) is 2.23. The lowest BCUT2D eigenvalue weighted by molar-refractivity contribution is -0.879. The highest BCUT2D eigenvalue weighted by Crippen LogP contribution is 2.18. The Morgan fingerprint density at radius 2 is 1.88 bits per heavy atom. The molecule has 0 unspecified atom stereocenters. The maximum atomic E-state index is 10.3. The molecule has 0 bridgehead atoms. The molecule has 0 radical (unpaired) electrons. The van der Waals surface area contributed by atoms with Crippen LogP contribution < -0.4 is 4.90 Å². The molecule has 0 amide bonds. The lowest BCUT2D eigenvalue weighted by Crippen LogP contribution is -3.09. The van der Waals surface area contributed by atoms with Crippen molar-refractivity contribution in [1.29, 1.82) is 0 Å². The van der Waals surface area contributed by atoms with Crippen molar-refractivity contribution in [2.75, 3.05) is 19.6 Å². The normalized spacial score (nSPS) is 19.4. The Kier molecular flexibility index (Phi) is 3.83. The molecule has 1 fully saturated rings. The molecule has 0 aromatic heterocycles. The summed E-state index contributed by atoms with van der Waals surface area (Å²) < 4.78 is 0. The summed E-state index contributed by atoms with van der Waals surface area (Å²) >= 11 is 0. The predicted octanol–water partition coefficient (Wildman–Crippen LogP) is 0.576. The van der Waals surface area contributed by atoms with E-state index in [0.29, 0.717) is 0 Å². The molecule has 2 N–H and O–H groups in total. The lowest BCUT2D eigenvalue weighted by Gasteiger charge is -2.16. The second-order valence-corrected chi connectivity index (χ2v) is 4.87. The van der Waals surface area contributed by atoms with Crippen molar-refractivity contribution in [3.63, 3.8) is 0 Å². The molecular weight excluding hydrogens is 210 g/mol. The number of hydrogen-bond donors (Lipinski definition) is 2. The van der Waals surface area contributed by atoms with Gasteiger partial charge in [0.2, 0.25) is 0 Å². The Morgan fingerprint density at radius 1 is 1.24 bits per heavy atom. The first-order chi connectivity index (χ1) is 8.18. The zero-order valence-electron chi connectivity index (χ0n) is 10.4. The van der Waals surface area contributed by atoms with E-state index in [9.17, 15) is 5.11 Å². The van der Waals surface area contributed by atoms with E-state index in [1.807, 2.05) is 30.3 Å². The van der Waals surface area contributed by atoms with Crippen LogP contribution in [0, 0.1) is 11.8 Å². The monoisotopic (exact) mass is 230 g/mol. The van der Waals surface area contributed by atoms with Gasteiger partial charge in [-0.25, -0.2) is 0 Å². The van der Waals surface area contributed by atoms with E-state index in [1.54, 1.807) is 11.8 Å². The maximum absolute atomic E-state index is 10.3. The summed E-state index contributed by atoms with van der Waals surface area (Å²) in [6, 6.07) is 9.63. The second kappa shape index (κ2) is 5.35. The molecule has 0 saturated carbocycles. The average Bonchev–Trinajstić information content (AvgIpc) is 2.83. The van der Waals surface area contributed by atoms with Crippen molar-refractivity contribution in [3.05, 3.63) is 35.9 Å². The summed E-state index contributed by atoms with van der Waals surface area (Å²) in [6.07, 6.45) is 2.62. The number of aliphatic hydroxyl groups is 1. The highest BCUT2D eigenvalue weighted by atomic mass is 16.3. The molecule has 0 aliphatic carbocycles. The highest BCUT2D eigenvalue weighted by Gasteiger charge is 2.19. The van der Waals surface area contributed by atoms with Crippen LogP contribution in [0.4, 0.5) is 0 Å². The predicted molar refractivity (Wildman–Crippen MR) is 68.6 cm³/mol. The molecule has 1 aliphatic rings. The topological polar surface area (TPSA) is 24.7 Å². The summed E-state index contributed by atoms with van der Waals surface area (Å²) in [5, 5.41) is 10.3. The van der Waals surface area contributed by atoms with Gasteiger partial charge in [0.15, 0.2) is 0 Å². The second-order valence-electron chi connectivity index (χ2n) is 4.87. The summed E-state index contributed by atoms with van der Waals surface area (Å²) in [7, 11) is 0. The molecule has 1 aliphatic heterocycles. The minimum absolute atomic E-state index is 0.850. The molecule has 1 heterocycles. The van der Waals surface area contributed by atoms with E-state index in [1.165, 1.54) is 25.9 Å². The quantitative estimate of drug-likeness (QED) is 0.714. The molecule has 0 spiro atoms. The first-order valence-corrected chi connectivity index (χ1v) is 6.30. The summed E-state index contributed by atoms with van der Waals surface area (Å²) in [4.78, 5) is 1.54. The Morgan fingerprint density at radius 3 is 2.53 bits per heavy atom. The van der Waals surface area contributed by atoms with Crippen LogP contribution in [0.2, 0.25) is 0 Å². The third kappa shape index (κ3) is 3.33. The summed E-state index contributed by atoms with van der Waals surface area (Å²) in [5.74, 6) is 6.12. The van der Waals surface area contributed by atoms with E-state index in [-0.39, 0.29) is 0 Å². The van der Waals surface area contributed by atoms with E-state index in [0.717, 1.165) is 12.1 Å². The molecule has 1 aromatic rings. The first-order valence-electron chi connectivity index (χ1n) is 6.30. The molecule has 2 rings (SSSR count). The Labute approximate surface area is 103 Å². The van der Waals surface area contributed by atoms with Gasteiger partial charge in [0, 0.05) is 12.8 Å². The number of hydrogen-bond acceptors (Lipinski definition) is 1. The van der Waals surface area contributed by atoms with Crippen molar-refractivity contribution in [1.82, 2.24) is 0 Å². The molecule has 1 saturated heterocycles. The smallest absolute Gasteiger partial charge is 0.148 e. The van der Waals surface area contributed by atoms with Crippen LogP contribution in [-0.2, 0) is 5.60 Å². The molecule has 1 aromatic carbocycles. The molecule has 90 valence electrons. The highest BCUT2D eigenvalue weighted by molar-refractivity contribution is 5.30. The average molecular weight is 230 g/mol. The van der Waals surface area contributed by atoms with Crippen LogP contribution in [0.25, 0.3) is 0 Å². The van der Waals surface area contributed by atoms with Crippen LogP contribution >= 0.6 is 0 Å². The van der Waals surface area contributed by atoms with Crippen molar-refractivity contribution in [3.8, 4) is 11.8 Å². The Balaban J connectivity index is 1.99. The van der Waals surface area contributed by atoms with Crippen molar-refractivity contribution >= 4 is 0 Å². The van der Waals surface area contributed by atoms with Gasteiger partial charge in [0.05, 0.1) is 13.1 Å². The third-order valence-corrected chi connectivity index (χ3v) is 3.32. The van der Waals surface area contributed by atoms with E-state index >= 15 is 0 Å². The van der Waals surface area contributed by atoms with Crippen molar-refractivity contribution in [2.24, 2.45) is 0 Å². The van der Waals surface area contributed by atoms with Crippen LogP contribution in [0.1, 0.15) is 25.3 Å². The lowest BCUT2D eigenvalue weighted by atomic mass is 9.97. The van der Waals surface area contributed by atoms with Gasteiger partial charge in [0.1, 0.15) is 12.1 Å². The molecule has 17 heavy (non-hydrogen) atoms. The number of rotatable bonds is 2. The summed E-state index contributed by atoms with van der Waals surface area (Å²) in [5.41, 5.74) is -0.163. The molecule has 1 atom stereocenters. The van der Waals surface area contributed by atoms with Crippen molar-refractivity contribution in [2.45, 2.75) is 25.4 Å². The fraction of sp³-hybridized carbons (Fsp3) is 0.467. The number of likely N-dealkylation sites (tertiary alicyclic amines) is 1. The van der Waals surface area contributed by atoms with Crippen molar-refractivity contribution < 1.29 is 10.0 Å². The van der Waals surface area contributed by atoms with Crippen LogP contribution in [0.5, 0.6) is 0 Å². The molecular formula is C15H20NO+. The van der Waals surface area contributed by atoms with Gasteiger partial charge in [-0.15, -0.1) is 0 Å². The van der Waals surface area contributed by atoms with Gasteiger partial charge in [-0.3, -0.25) is 0 Å². The largest absolute Gasteiger partial charge is 0.374 e. The van der Waals surface area contributed by atoms with Gasteiger partial charge in [-0.05, 0) is 18.4 Å². The van der Waals surface area contributed by atoms with Gasteiger partial charge >= 0.3 is 0 Å². The van der Waals surface area contributed by atoms with Crippen LogP contribution in [-0.4, -0.2) is 24.7 Å². The van der Waals surface area contributed by atoms with Gasteiger partial charge in [-0.1, -0.05) is 36.3 Å². The zero-order chi connectivity index (χ0) is 12.1. The van der Waals surface area contributed by atoms with Crippen LogP contribution in [0.3, 0.4) is 0 Å². The number of quaternary nitrogens is 1. The van der Waals surface area contributed by atoms with Gasteiger partial charge in [0.25, 0.3) is 0 Å². The third-order valence-electron chi connectivity index (χ3n) is 3.32. The molecule has 2 nitrogen and oxygen atoms in total. The minimum atomic E-state index is -1.03. The SMILES string of the molecule is C[C@](O)(C#CC[NH+]1CCCC1)c1ccccc1.